The topological polar surface area (TPSA) is 59.8 Å². The summed E-state index contributed by atoms with van der Waals surface area (Å²) in [6.07, 6.45) is 2.42. The number of hydrogen-bond donors (Lipinski definition) is 0. The van der Waals surface area contributed by atoms with Crippen LogP contribution in [0.15, 0.2) is 82.0 Å². The molecule has 1 saturated heterocycles. The standard InChI is InChI=1S/C27H22ClNO4/c28-21-8-3-18(4-9-21)24-15-20-7-12-23(16-26(20)33-27(24)31)32-17-25(30)19-5-10-22(11-6-19)29-13-1-2-14-29/h3-12,15-16H,1-2,13-14,17H2. The smallest absolute Gasteiger partial charge is 0.344 e. The van der Waals surface area contributed by atoms with E-state index in [0.29, 0.717) is 27.5 Å². The zero-order chi connectivity index (χ0) is 22.8. The molecular weight excluding hydrogens is 438 g/mol. The Morgan fingerprint density at radius 3 is 2.39 bits per heavy atom. The van der Waals surface area contributed by atoms with Gasteiger partial charge in [-0.15, -0.1) is 0 Å². The van der Waals surface area contributed by atoms with Crippen molar-refractivity contribution in [2.24, 2.45) is 0 Å². The summed E-state index contributed by atoms with van der Waals surface area (Å²) in [6, 6.07) is 21.7. The van der Waals surface area contributed by atoms with Crippen molar-refractivity contribution in [3.8, 4) is 16.9 Å². The van der Waals surface area contributed by atoms with Gasteiger partial charge in [0.1, 0.15) is 11.3 Å². The van der Waals surface area contributed by atoms with Crippen LogP contribution in [0, 0.1) is 0 Å². The quantitative estimate of drug-likeness (QED) is 0.262. The van der Waals surface area contributed by atoms with Gasteiger partial charge in [0.25, 0.3) is 0 Å². The first-order chi connectivity index (χ1) is 16.1. The molecule has 1 aliphatic heterocycles. The highest BCUT2D eigenvalue weighted by Crippen LogP contribution is 2.26. The minimum atomic E-state index is -0.448. The molecule has 5 nitrogen and oxygen atoms in total. The first-order valence-electron chi connectivity index (χ1n) is 10.9. The molecule has 0 unspecified atom stereocenters. The lowest BCUT2D eigenvalue weighted by molar-refractivity contribution is 0.0921. The molecule has 0 amide bonds. The molecule has 1 aliphatic rings. The van der Waals surface area contributed by atoms with Gasteiger partial charge in [-0.25, -0.2) is 4.79 Å². The number of ether oxygens (including phenoxy) is 1. The molecule has 3 aromatic carbocycles. The number of nitrogens with zero attached hydrogens (tertiary/aromatic N) is 1. The van der Waals surface area contributed by atoms with E-state index >= 15 is 0 Å². The highest BCUT2D eigenvalue weighted by molar-refractivity contribution is 6.30. The maximum atomic E-state index is 12.6. The Morgan fingerprint density at radius 2 is 1.67 bits per heavy atom. The lowest BCUT2D eigenvalue weighted by Crippen LogP contribution is -2.18. The molecule has 0 radical (unpaired) electrons. The van der Waals surface area contributed by atoms with Gasteiger partial charge >= 0.3 is 5.63 Å². The number of hydrogen-bond acceptors (Lipinski definition) is 5. The van der Waals surface area contributed by atoms with Gasteiger partial charge in [0.05, 0.1) is 5.56 Å². The van der Waals surface area contributed by atoms with E-state index in [1.807, 2.05) is 30.3 Å². The third-order valence-corrected chi connectivity index (χ3v) is 6.15. The first kappa shape index (κ1) is 21.3. The van der Waals surface area contributed by atoms with Crippen molar-refractivity contribution in [2.75, 3.05) is 24.6 Å². The Kier molecular flexibility index (Phi) is 5.88. The van der Waals surface area contributed by atoms with Gasteiger partial charge in [0.2, 0.25) is 0 Å². The SMILES string of the molecule is O=C(COc1ccc2cc(-c3ccc(Cl)cc3)c(=O)oc2c1)c1ccc(N2CCCC2)cc1. The van der Waals surface area contributed by atoms with Crippen LogP contribution in [0.3, 0.4) is 0 Å². The summed E-state index contributed by atoms with van der Waals surface area (Å²) in [5, 5.41) is 1.36. The summed E-state index contributed by atoms with van der Waals surface area (Å²) in [6.45, 7) is 2.03. The van der Waals surface area contributed by atoms with Crippen LogP contribution in [-0.4, -0.2) is 25.5 Å². The molecule has 1 fully saturated rings. The van der Waals surface area contributed by atoms with E-state index in [2.05, 4.69) is 4.90 Å². The van der Waals surface area contributed by atoms with Gasteiger partial charge in [-0.2, -0.15) is 0 Å². The van der Waals surface area contributed by atoms with Crippen molar-refractivity contribution in [2.45, 2.75) is 12.8 Å². The predicted octanol–water partition coefficient (Wildman–Crippen LogP) is 5.98. The van der Waals surface area contributed by atoms with Gasteiger partial charge < -0.3 is 14.1 Å². The Bertz CT molecular complexity index is 1350. The number of rotatable bonds is 6. The molecule has 1 aromatic heterocycles. The van der Waals surface area contributed by atoms with Crippen molar-refractivity contribution in [3.05, 3.63) is 93.8 Å². The van der Waals surface area contributed by atoms with Gasteiger partial charge in [-0.1, -0.05) is 23.7 Å². The fourth-order valence-electron chi connectivity index (χ4n) is 4.08. The van der Waals surface area contributed by atoms with E-state index in [-0.39, 0.29) is 12.4 Å². The molecule has 6 heteroatoms. The second-order valence-electron chi connectivity index (χ2n) is 8.11. The van der Waals surface area contributed by atoms with Crippen molar-refractivity contribution < 1.29 is 13.9 Å². The maximum absolute atomic E-state index is 12.6. The molecule has 33 heavy (non-hydrogen) atoms. The average molecular weight is 460 g/mol. The first-order valence-corrected chi connectivity index (χ1v) is 11.3. The van der Waals surface area contributed by atoms with Crippen LogP contribution in [0.25, 0.3) is 22.1 Å². The van der Waals surface area contributed by atoms with Crippen LogP contribution in [0.4, 0.5) is 5.69 Å². The third-order valence-electron chi connectivity index (χ3n) is 5.89. The molecule has 5 rings (SSSR count). The van der Waals surface area contributed by atoms with E-state index in [9.17, 15) is 9.59 Å². The van der Waals surface area contributed by atoms with Crippen molar-refractivity contribution in [1.82, 2.24) is 0 Å². The number of ketones is 1. The fourth-order valence-corrected chi connectivity index (χ4v) is 4.20. The minimum absolute atomic E-state index is 0.0956. The third kappa shape index (κ3) is 4.64. The predicted molar refractivity (Wildman–Crippen MR) is 131 cm³/mol. The molecule has 0 spiro atoms. The largest absolute Gasteiger partial charge is 0.485 e. The van der Waals surface area contributed by atoms with Crippen LogP contribution in [-0.2, 0) is 0 Å². The van der Waals surface area contributed by atoms with Gasteiger partial charge in [0.15, 0.2) is 12.4 Å². The number of carbonyl (C=O) groups is 1. The molecule has 2 heterocycles. The molecule has 4 aromatic rings. The van der Waals surface area contributed by atoms with Crippen LogP contribution < -0.4 is 15.3 Å². The summed E-state index contributed by atoms with van der Waals surface area (Å²) in [5.41, 5.74) is 2.90. The Labute approximate surface area is 196 Å². The van der Waals surface area contributed by atoms with Gasteiger partial charge in [0, 0.05) is 40.8 Å². The summed E-state index contributed by atoms with van der Waals surface area (Å²) in [5.74, 6) is 0.356. The molecule has 0 atom stereocenters. The number of fused-ring (bicyclic) bond motifs is 1. The number of anilines is 1. The summed E-state index contributed by atoms with van der Waals surface area (Å²) in [4.78, 5) is 27.4. The number of halogens is 1. The highest BCUT2D eigenvalue weighted by atomic mass is 35.5. The molecule has 0 bridgehead atoms. The monoisotopic (exact) mass is 459 g/mol. The molecule has 166 valence electrons. The fraction of sp³-hybridized carbons (Fsp3) is 0.185. The lowest BCUT2D eigenvalue weighted by atomic mass is 10.1. The normalized spacial score (nSPS) is 13.4. The second kappa shape index (κ2) is 9.12. The number of benzene rings is 3. The maximum Gasteiger partial charge on any atom is 0.344 e. The summed E-state index contributed by atoms with van der Waals surface area (Å²) >= 11 is 5.93. The lowest BCUT2D eigenvalue weighted by Gasteiger charge is -2.17. The molecule has 0 N–H and O–H groups in total. The second-order valence-corrected chi connectivity index (χ2v) is 8.54. The van der Waals surface area contributed by atoms with Gasteiger partial charge in [-0.05, 0) is 73.0 Å². The average Bonchev–Trinajstić information content (AvgIpc) is 3.38. The van der Waals surface area contributed by atoms with Crippen molar-refractivity contribution >= 4 is 34.0 Å². The number of carbonyl (C=O) groups excluding carboxylic acids is 1. The molecule has 0 aliphatic carbocycles. The Balaban J connectivity index is 1.29. The van der Waals surface area contributed by atoms with E-state index in [1.165, 1.54) is 12.8 Å². The van der Waals surface area contributed by atoms with E-state index < -0.39 is 5.63 Å². The zero-order valence-corrected chi connectivity index (χ0v) is 18.7. The highest BCUT2D eigenvalue weighted by Gasteiger charge is 2.14. The van der Waals surface area contributed by atoms with Crippen molar-refractivity contribution in [1.29, 1.82) is 0 Å². The molecule has 0 saturated carbocycles. The molecular formula is C27H22ClNO4. The number of Topliss-reactive ketones (excluding diaryl/α,β-unsaturated/α-hetero) is 1. The zero-order valence-electron chi connectivity index (χ0n) is 17.9. The van der Waals surface area contributed by atoms with E-state index in [1.54, 1.807) is 42.5 Å². The van der Waals surface area contributed by atoms with Crippen molar-refractivity contribution in [3.63, 3.8) is 0 Å². The Morgan fingerprint density at radius 1 is 0.939 bits per heavy atom. The minimum Gasteiger partial charge on any atom is -0.485 e. The van der Waals surface area contributed by atoms with Crippen LogP contribution in [0.1, 0.15) is 23.2 Å². The van der Waals surface area contributed by atoms with Crippen LogP contribution >= 0.6 is 11.6 Å². The van der Waals surface area contributed by atoms with E-state index in [4.69, 9.17) is 20.8 Å². The van der Waals surface area contributed by atoms with Gasteiger partial charge in [-0.3, -0.25) is 4.79 Å². The van der Waals surface area contributed by atoms with Crippen LogP contribution in [0.5, 0.6) is 5.75 Å². The summed E-state index contributed by atoms with van der Waals surface area (Å²) in [7, 11) is 0. The van der Waals surface area contributed by atoms with E-state index in [0.717, 1.165) is 29.7 Å². The Hall–Kier alpha value is -3.57. The summed E-state index contributed by atoms with van der Waals surface area (Å²) < 4.78 is 11.2. The van der Waals surface area contributed by atoms with Crippen LogP contribution in [0.2, 0.25) is 5.02 Å².